The van der Waals surface area contributed by atoms with E-state index in [0.717, 1.165) is 156 Å². The summed E-state index contributed by atoms with van der Waals surface area (Å²) in [5, 5.41) is 4.55. The summed E-state index contributed by atoms with van der Waals surface area (Å²) in [6, 6.07) is 124. The Morgan fingerprint density at radius 2 is 0.655 bits per heavy atom. The Bertz CT molecular complexity index is 6680. The van der Waals surface area contributed by atoms with Crippen molar-refractivity contribution in [3.8, 4) is 67.0 Å². The van der Waals surface area contributed by atoms with Gasteiger partial charge in [-0.1, -0.05) is 278 Å². The number of hydrogen-bond donors (Lipinski definition) is 0. The summed E-state index contributed by atoms with van der Waals surface area (Å²) in [5.41, 5.74) is 29.1. The summed E-state index contributed by atoms with van der Waals surface area (Å²) >= 11 is 0. The number of benzene rings is 16. The van der Waals surface area contributed by atoms with Crippen LogP contribution in [0, 0.1) is 0 Å². The smallest absolute Gasteiger partial charge is 0.252 e. The van der Waals surface area contributed by atoms with Crippen molar-refractivity contribution in [3.05, 3.63) is 387 Å². The summed E-state index contributed by atoms with van der Waals surface area (Å²) in [6.45, 7) is 13.3. The Morgan fingerprint density at radius 1 is 0.264 bits per heavy atom. The van der Waals surface area contributed by atoms with E-state index in [1.54, 1.807) is 0 Å². The maximum absolute atomic E-state index is 9.67. The summed E-state index contributed by atoms with van der Waals surface area (Å²) in [4.78, 5) is 7.31. The fraction of sp³-hybridized carbons (Fsp3) is 0.0769. The van der Waals surface area contributed by atoms with Gasteiger partial charge in [0.05, 0.1) is 34.6 Å². The van der Waals surface area contributed by atoms with Crippen molar-refractivity contribution in [1.82, 2.24) is 9.13 Å². The summed E-state index contributed by atoms with van der Waals surface area (Å²) < 4.78 is 51.4. The van der Waals surface area contributed by atoms with E-state index < -0.39 is 24.8 Å². The Balaban J connectivity index is 0.946. The second-order valence-electron chi connectivity index (χ2n) is 31.4. The highest BCUT2D eigenvalue weighted by molar-refractivity contribution is 7.00. The van der Waals surface area contributed by atoms with Gasteiger partial charge in [0.15, 0.2) is 0 Å². The molecular weight excluding hydrogens is 1330 g/mol. The minimum atomic E-state index is -0.457. The normalized spacial score (nSPS) is 13.2. The zero-order valence-electron chi connectivity index (χ0n) is 67.2. The molecule has 0 atom stereocenters. The van der Waals surface area contributed by atoms with Gasteiger partial charge in [0, 0.05) is 78.4 Å². The molecule has 0 fully saturated rings. The van der Waals surface area contributed by atoms with Crippen LogP contribution in [0.5, 0.6) is 0 Å². The Kier molecular flexibility index (Phi) is 14.5. The third-order valence-corrected chi connectivity index (χ3v) is 22.6. The molecule has 0 unspecified atom stereocenters. The molecule has 2 aliphatic heterocycles. The molecule has 110 heavy (non-hydrogen) atoms. The molecule has 20 rings (SSSR count). The van der Waals surface area contributed by atoms with Gasteiger partial charge in [-0.2, -0.15) is 0 Å². The predicted octanol–water partition coefficient (Wildman–Crippen LogP) is 26.4. The molecule has 0 N–H and O–H groups in total. The average molecular weight is 1420 g/mol. The number of hydrogen-bond acceptors (Lipinski definition) is 3. The van der Waals surface area contributed by atoms with Gasteiger partial charge in [-0.25, -0.2) is 0 Å². The Hall–Kier alpha value is -13.4. The number of aromatic nitrogens is 2. The van der Waals surface area contributed by atoms with Crippen LogP contribution in [-0.4, -0.2) is 15.8 Å². The highest BCUT2D eigenvalue weighted by atomic mass is 15.2. The largest absolute Gasteiger partial charge is 0.311 e. The van der Waals surface area contributed by atoms with Gasteiger partial charge in [0.2, 0.25) is 0 Å². The molecule has 0 radical (unpaired) electrons. The zero-order chi connectivity index (χ0) is 78.3. The molecule has 0 aliphatic carbocycles. The third kappa shape index (κ3) is 11.3. The van der Waals surface area contributed by atoms with Crippen molar-refractivity contribution in [2.24, 2.45) is 0 Å². The molecule has 16 aromatic carbocycles. The van der Waals surface area contributed by atoms with E-state index in [1.807, 2.05) is 6.07 Å². The fourth-order valence-corrected chi connectivity index (χ4v) is 17.2. The van der Waals surface area contributed by atoms with Crippen LogP contribution in [-0.2, 0) is 10.8 Å². The van der Waals surface area contributed by atoms with Crippen LogP contribution in [0.3, 0.4) is 0 Å². The van der Waals surface area contributed by atoms with Crippen LogP contribution in [0.1, 0.15) is 59.5 Å². The molecule has 2 aliphatic rings. The summed E-state index contributed by atoms with van der Waals surface area (Å²) in [6.07, 6.45) is 0. The van der Waals surface area contributed by atoms with E-state index in [4.69, 9.17) is 1.37 Å². The molecule has 4 heterocycles. The van der Waals surface area contributed by atoms with E-state index in [0.29, 0.717) is 5.56 Å². The lowest BCUT2D eigenvalue weighted by atomic mass is 9.33. The lowest BCUT2D eigenvalue weighted by Crippen LogP contribution is -2.61. The number of fused-ring (bicyclic) bond motifs is 10. The highest BCUT2D eigenvalue weighted by Gasteiger charge is 2.45. The van der Waals surface area contributed by atoms with Gasteiger partial charge in [0.1, 0.15) is 0 Å². The lowest BCUT2D eigenvalue weighted by Gasteiger charge is -2.45. The van der Waals surface area contributed by atoms with Crippen LogP contribution in [0.15, 0.2) is 376 Å². The summed E-state index contributed by atoms with van der Waals surface area (Å²) in [7, 11) is 0. The van der Waals surface area contributed by atoms with Crippen LogP contribution >= 0.6 is 0 Å². The van der Waals surface area contributed by atoms with Gasteiger partial charge >= 0.3 is 0 Å². The van der Waals surface area contributed by atoms with Gasteiger partial charge in [0.25, 0.3) is 6.71 Å². The van der Waals surface area contributed by atoms with Gasteiger partial charge in [-0.3, -0.25) is 0 Å². The highest BCUT2D eigenvalue weighted by Crippen LogP contribution is 2.51. The molecule has 0 amide bonds. The molecule has 6 heteroatoms. The number of rotatable bonds is 12. The van der Waals surface area contributed by atoms with Crippen molar-refractivity contribution in [1.29, 1.82) is 0 Å². The number of para-hydroxylation sites is 3. The molecule has 18 aromatic rings. The Morgan fingerprint density at radius 3 is 1.13 bits per heavy atom. The van der Waals surface area contributed by atoms with Crippen molar-refractivity contribution in [3.63, 3.8) is 0 Å². The molecule has 0 spiro atoms. The average Bonchev–Trinajstić information content (AvgIpc) is 0.949. The Labute approximate surface area is 651 Å². The second kappa shape index (κ2) is 26.2. The maximum Gasteiger partial charge on any atom is 0.252 e. The van der Waals surface area contributed by atoms with E-state index in [9.17, 15) is 5.48 Å². The third-order valence-electron chi connectivity index (χ3n) is 22.6. The number of nitrogens with zero attached hydrogens (tertiary/aromatic N) is 5. The van der Waals surface area contributed by atoms with Crippen LogP contribution in [0.2, 0.25) is 0 Å². The van der Waals surface area contributed by atoms with Crippen LogP contribution in [0.4, 0.5) is 51.2 Å². The maximum atomic E-state index is 9.67. The van der Waals surface area contributed by atoms with Crippen molar-refractivity contribution in [2.75, 3.05) is 14.7 Å². The van der Waals surface area contributed by atoms with Crippen LogP contribution in [0.25, 0.3) is 111 Å². The first-order valence-electron chi connectivity index (χ1n) is 40.6. The van der Waals surface area contributed by atoms with Crippen molar-refractivity contribution >= 4 is 118 Å². The zero-order valence-corrected chi connectivity index (χ0v) is 62.2. The molecule has 0 bridgehead atoms. The molecule has 524 valence electrons. The van der Waals surface area contributed by atoms with E-state index in [-0.39, 0.29) is 28.5 Å². The van der Waals surface area contributed by atoms with Crippen LogP contribution < -0.4 is 31.1 Å². The first kappa shape index (κ1) is 60.7. The monoisotopic (exact) mass is 1410 g/mol. The molecular formula is C104H80BN5. The summed E-state index contributed by atoms with van der Waals surface area (Å²) in [5.74, 6) is 0. The topological polar surface area (TPSA) is 19.6 Å². The molecule has 2 aromatic heterocycles. The van der Waals surface area contributed by atoms with E-state index in [1.165, 1.54) is 21.9 Å². The standard InChI is InChI=1S/C104H80BN5/c1-103(2,3)79-47-53-95-89(63-79)90-64-80(104(4,5)6)48-54-96(90)107(95)84-49-52-93-99(66-84)110(86-60-77(72-36-20-10-21-37-72)57-78(61-86)73-38-22-11-23-39-73)101-68-87(108-94-45-29-28-44-88(94)91-65-83(50-55-97(91)108)106(81-40-24-12-25-41-81)82-42-26-13-27-43-82)67-100-102(101)105(93)92-51-46-74(69-30-14-7-15-31-69)62-98(92)109(100)85-58-75(70-32-16-8-17-33-70)56-76(59-85)71-34-18-9-19-35-71/h7-68H,1-6H3/i7D,14D,15D,30D,31D. The van der Waals surface area contributed by atoms with Crippen molar-refractivity contribution in [2.45, 2.75) is 52.4 Å². The molecule has 0 saturated heterocycles. The molecule has 5 nitrogen and oxygen atoms in total. The van der Waals surface area contributed by atoms with Gasteiger partial charge in [-0.15, -0.1) is 0 Å². The predicted molar refractivity (Wildman–Crippen MR) is 468 cm³/mol. The SMILES string of the molecule is [2H]c1c([2H])c([2H])c(-c2ccc3c(c2)N(c2cc(-c4ccccc4)cc(-c4ccccc4)c2)c2cc(-n4c5ccccc5c5cc(N(c6ccccc6)c6ccccc6)ccc54)cc4c2B3c2ccc(-n3c5ccc(C(C)(C)C)cc5c5cc(C(C)(C)C)ccc53)cc2N4c2cc(-c3ccccc3)cc(-c3ccccc3)c2)c([2H])c1[2H]. The minimum Gasteiger partial charge on any atom is -0.311 e. The van der Waals surface area contributed by atoms with Gasteiger partial charge < -0.3 is 23.8 Å². The number of anilines is 9. The lowest BCUT2D eigenvalue weighted by molar-refractivity contribution is 0.590. The minimum absolute atomic E-state index is 0.112. The first-order chi connectivity index (χ1) is 55.9. The fourth-order valence-electron chi connectivity index (χ4n) is 17.2. The van der Waals surface area contributed by atoms with E-state index in [2.05, 4.69) is 405 Å². The quantitative estimate of drug-likeness (QED) is 0.114. The van der Waals surface area contributed by atoms with Gasteiger partial charge in [-0.05, 0) is 234 Å². The first-order valence-corrected chi connectivity index (χ1v) is 38.1. The van der Waals surface area contributed by atoms with Crippen molar-refractivity contribution < 1.29 is 6.85 Å². The second-order valence-corrected chi connectivity index (χ2v) is 31.4. The van der Waals surface area contributed by atoms with E-state index >= 15 is 0 Å². The molecule has 0 saturated carbocycles.